The van der Waals surface area contributed by atoms with Crippen LogP contribution in [-0.2, 0) is 4.79 Å². The molecule has 0 unspecified atom stereocenters. The Morgan fingerprint density at radius 2 is 1.23 bits per heavy atom. The Balaban J connectivity index is 3.31. The Bertz CT molecular complexity index is 313. The van der Waals surface area contributed by atoms with Gasteiger partial charge >= 0.3 is 0 Å². The molecule has 0 spiro atoms. The third kappa shape index (κ3) is 19.7. The molecule has 0 aliphatic carbocycles. The first-order valence-corrected chi connectivity index (χ1v) is 11.5. The minimum Gasteiger partial charge on any atom is -0.306 e. The van der Waals surface area contributed by atoms with E-state index in [1.807, 2.05) is 0 Å². The molecule has 2 nitrogen and oxygen atoms in total. The average molecular weight is 366 g/mol. The standard InChI is InChI=1S/C24H47NO/c1-4-5-6-7-8-9-12-15-19-24(2)20-18-22-25(3)21-16-13-10-11-14-17-23-26/h23H,2,4-22H2,1,3H3. The molecular formula is C24H47NO. The van der Waals surface area contributed by atoms with Crippen LogP contribution >= 0.6 is 0 Å². The summed E-state index contributed by atoms with van der Waals surface area (Å²) >= 11 is 0. The summed E-state index contributed by atoms with van der Waals surface area (Å²) in [7, 11) is 2.24. The normalized spacial score (nSPS) is 11.2. The van der Waals surface area contributed by atoms with Gasteiger partial charge in [0.05, 0.1) is 0 Å². The summed E-state index contributed by atoms with van der Waals surface area (Å²) in [5.74, 6) is 0. The quantitative estimate of drug-likeness (QED) is 0.121. The van der Waals surface area contributed by atoms with Gasteiger partial charge in [0.1, 0.15) is 6.29 Å². The van der Waals surface area contributed by atoms with E-state index >= 15 is 0 Å². The first kappa shape index (κ1) is 25.4. The molecule has 0 rings (SSSR count). The van der Waals surface area contributed by atoms with E-state index in [1.54, 1.807) is 0 Å². The summed E-state index contributed by atoms with van der Waals surface area (Å²) < 4.78 is 0. The summed E-state index contributed by atoms with van der Waals surface area (Å²) in [5.41, 5.74) is 1.46. The number of nitrogens with zero attached hydrogens (tertiary/aromatic N) is 1. The number of aldehydes is 1. The predicted octanol–water partition coefficient (Wildman–Crippen LogP) is 7.32. The number of rotatable bonds is 21. The molecule has 0 atom stereocenters. The zero-order chi connectivity index (χ0) is 19.3. The Kier molecular flexibility index (Phi) is 20.2. The molecule has 0 aromatic rings. The van der Waals surface area contributed by atoms with Crippen LogP contribution in [0, 0.1) is 0 Å². The largest absolute Gasteiger partial charge is 0.306 e. The first-order chi connectivity index (χ1) is 12.7. The molecule has 0 saturated carbocycles. The second-order valence-electron chi connectivity index (χ2n) is 8.10. The van der Waals surface area contributed by atoms with Gasteiger partial charge in [-0.2, -0.15) is 0 Å². The summed E-state index contributed by atoms with van der Waals surface area (Å²) in [4.78, 5) is 12.7. The Hall–Kier alpha value is -0.630. The van der Waals surface area contributed by atoms with Crippen molar-refractivity contribution in [2.24, 2.45) is 0 Å². The van der Waals surface area contributed by atoms with E-state index in [0.717, 1.165) is 19.1 Å². The van der Waals surface area contributed by atoms with Crippen LogP contribution in [0.4, 0.5) is 0 Å². The minimum absolute atomic E-state index is 0.739. The minimum atomic E-state index is 0.739. The molecule has 0 radical (unpaired) electrons. The highest BCUT2D eigenvalue weighted by atomic mass is 16.1. The van der Waals surface area contributed by atoms with Crippen LogP contribution in [0.5, 0.6) is 0 Å². The molecule has 26 heavy (non-hydrogen) atoms. The van der Waals surface area contributed by atoms with Gasteiger partial charge in [-0.3, -0.25) is 0 Å². The van der Waals surface area contributed by atoms with Gasteiger partial charge < -0.3 is 9.69 Å². The molecule has 0 bridgehead atoms. The van der Waals surface area contributed by atoms with Crippen molar-refractivity contribution in [3.63, 3.8) is 0 Å². The lowest BCUT2D eigenvalue weighted by Crippen LogP contribution is -2.20. The van der Waals surface area contributed by atoms with Gasteiger partial charge in [0, 0.05) is 6.42 Å². The molecule has 0 amide bonds. The van der Waals surface area contributed by atoms with Crippen molar-refractivity contribution in [2.45, 2.75) is 116 Å². The van der Waals surface area contributed by atoms with E-state index < -0.39 is 0 Å². The molecule has 0 N–H and O–H groups in total. The fourth-order valence-corrected chi connectivity index (χ4v) is 3.48. The topological polar surface area (TPSA) is 20.3 Å². The number of carbonyl (C=O) groups is 1. The molecular weight excluding hydrogens is 318 g/mol. The third-order valence-electron chi connectivity index (χ3n) is 5.32. The highest BCUT2D eigenvalue weighted by Crippen LogP contribution is 2.15. The molecule has 0 aromatic heterocycles. The second-order valence-corrected chi connectivity index (χ2v) is 8.10. The summed E-state index contributed by atoms with van der Waals surface area (Å²) in [6, 6.07) is 0. The Morgan fingerprint density at radius 1 is 0.731 bits per heavy atom. The number of hydrogen-bond acceptors (Lipinski definition) is 2. The molecule has 0 aromatic carbocycles. The van der Waals surface area contributed by atoms with E-state index in [9.17, 15) is 4.79 Å². The summed E-state index contributed by atoms with van der Waals surface area (Å²) in [6.07, 6.45) is 22.8. The van der Waals surface area contributed by atoms with E-state index in [0.29, 0.717) is 0 Å². The average Bonchev–Trinajstić information content (AvgIpc) is 2.63. The highest BCUT2D eigenvalue weighted by molar-refractivity contribution is 5.48. The van der Waals surface area contributed by atoms with E-state index in [2.05, 4.69) is 25.5 Å². The van der Waals surface area contributed by atoms with Crippen molar-refractivity contribution in [2.75, 3.05) is 20.1 Å². The van der Waals surface area contributed by atoms with Gasteiger partial charge in [-0.25, -0.2) is 0 Å². The van der Waals surface area contributed by atoms with E-state index in [1.165, 1.54) is 115 Å². The van der Waals surface area contributed by atoms with Crippen LogP contribution in [0.1, 0.15) is 116 Å². The van der Waals surface area contributed by atoms with Crippen molar-refractivity contribution in [1.82, 2.24) is 4.90 Å². The van der Waals surface area contributed by atoms with Crippen LogP contribution < -0.4 is 0 Å². The van der Waals surface area contributed by atoms with E-state index in [4.69, 9.17) is 0 Å². The zero-order valence-electron chi connectivity index (χ0n) is 18.1. The van der Waals surface area contributed by atoms with Crippen molar-refractivity contribution in [3.05, 3.63) is 12.2 Å². The van der Waals surface area contributed by atoms with Crippen LogP contribution in [-0.4, -0.2) is 31.3 Å². The van der Waals surface area contributed by atoms with Gasteiger partial charge in [0.2, 0.25) is 0 Å². The highest BCUT2D eigenvalue weighted by Gasteiger charge is 2.01. The molecule has 0 heterocycles. The molecule has 0 fully saturated rings. The van der Waals surface area contributed by atoms with Crippen molar-refractivity contribution >= 4 is 6.29 Å². The van der Waals surface area contributed by atoms with Crippen LogP contribution in [0.25, 0.3) is 0 Å². The molecule has 0 saturated heterocycles. The second kappa shape index (κ2) is 20.7. The van der Waals surface area contributed by atoms with Gasteiger partial charge in [0.25, 0.3) is 0 Å². The van der Waals surface area contributed by atoms with Gasteiger partial charge in [-0.15, -0.1) is 0 Å². The summed E-state index contributed by atoms with van der Waals surface area (Å²) in [6.45, 7) is 8.96. The van der Waals surface area contributed by atoms with Crippen molar-refractivity contribution in [3.8, 4) is 0 Å². The van der Waals surface area contributed by atoms with Crippen LogP contribution in [0.3, 0.4) is 0 Å². The van der Waals surface area contributed by atoms with Gasteiger partial charge in [-0.1, -0.05) is 83.3 Å². The Labute approximate surface area is 164 Å². The molecule has 154 valence electrons. The molecule has 2 heteroatoms. The monoisotopic (exact) mass is 365 g/mol. The maximum atomic E-state index is 10.3. The maximum Gasteiger partial charge on any atom is 0.119 e. The van der Waals surface area contributed by atoms with Crippen LogP contribution in [0.2, 0.25) is 0 Å². The maximum absolute atomic E-state index is 10.3. The van der Waals surface area contributed by atoms with Crippen molar-refractivity contribution < 1.29 is 4.79 Å². The lowest BCUT2D eigenvalue weighted by atomic mass is 10.0. The molecule has 0 aliphatic rings. The molecule has 0 aliphatic heterocycles. The lowest BCUT2D eigenvalue weighted by Gasteiger charge is -2.16. The van der Waals surface area contributed by atoms with Crippen molar-refractivity contribution in [1.29, 1.82) is 0 Å². The van der Waals surface area contributed by atoms with Crippen LogP contribution in [0.15, 0.2) is 12.2 Å². The number of unbranched alkanes of at least 4 members (excludes halogenated alkanes) is 12. The van der Waals surface area contributed by atoms with Gasteiger partial charge in [0.15, 0.2) is 0 Å². The predicted molar refractivity (Wildman–Crippen MR) is 117 cm³/mol. The fourth-order valence-electron chi connectivity index (χ4n) is 3.48. The fraction of sp³-hybridized carbons (Fsp3) is 0.875. The summed E-state index contributed by atoms with van der Waals surface area (Å²) in [5, 5.41) is 0. The Morgan fingerprint density at radius 3 is 1.88 bits per heavy atom. The van der Waals surface area contributed by atoms with E-state index in [-0.39, 0.29) is 0 Å². The zero-order valence-corrected chi connectivity index (χ0v) is 18.1. The first-order valence-electron chi connectivity index (χ1n) is 11.5. The number of carbonyl (C=O) groups excluding carboxylic acids is 1. The third-order valence-corrected chi connectivity index (χ3v) is 5.32. The number of allylic oxidation sites excluding steroid dienone is 1. The van der Waals surface area contributed by atoms with Gasteiger partial charge in [-0.05, 0) is 58.7 Å². The lowest BCUT2D eigenvalue weighted by molar-refractivity contribution is -0.107. The number of hydrogen-bond donors (Lipinski definition) is 0. The smallest absolute Gasteiger partial charge is 0.119 e. The SMILES string of the molecule is C=C(CCCCCCCCCC)CCCN(C)CCCCCCCC=O.